The van der Waals surface area contributed by atoms with E-state index in [1.54, 1.807) is 0 Å². The molecule has 0 aromatic carbocycles. The molecule has 1 spiro atoms. The molecule has 3 aliphatic heterocycles. The maximum Gasteiger partial charge on any atom is 0.186 e. The van der Waals surface area contributed by atoms with Crippen LogP contribution in [-0.4, -0.2) is 140 Å². The Morgan fingerprint density at radius 1 is 0.691 bits per heavy atom. The van der Waals surface area contributed by atoms with Gasteiger partial charge in [0.1, 0.15) is 48.8 Å². The van der Waals surface area contributed by atoms with Crippen LogP contribution in [-0.2, 0) is 23.7 Å². The van der Waals surface area contributed by atoms with Gasteiger partial charge >= 0.3 is 0 Å². The first-order valence-electron chi connectivity index (χ1n) is 20.9. The van der Waals surface area contributed by atoms with Gasteiger partial charge in [0.05, 0.1) is 37.6 Å². The topological polar surface area (TPSA) is 208 Å². The van der Waals surface area contributed by atoms with Crippen LogP contribution in [0.4, 0.5) is 0 Å². The number of allylic oxidation sites excluding steroid dienone is 1. The molecule has 0 aromatic heterocycles. The summed E-state index contributed by atoms with van der Waals surface area (Å²) >= 11 is 0. The van der Waals surface area contributed by atoms with Crippen LogP contribution in [0.2, 0.25) is 0 Å². The van der Waals surface area contributed by atoms with Crippen molar-refractivity contribution in [3.8, 4) is 0 Å². The van der Waals surface area contributed by atoms with Gasteiger partial charge < -0.3 is 64.5 Å². The summed E-state index contributed by atoms with van der Waals surface area (Å²) in [6.07, 6.45) is -3.10. The standard InChI is InChI=1S/C42H68O13/c1-36(2)14-15-41-20-52-42(25(41)16-36)13-9-24-38(5)11-10-27(37(3,4)23(38)8-12-39(24,6)40(42,7)17-26(41)44)55-35-33(50)31(48)29(46)22(54-35)19-51-34-32(49)30(47)28(45)21(18-43)53-34/h9,13,21-35,43-50H,8,10-12,14-20H2,1-7H3. The molecule has 5 aliphatic carbocycles. The Bertz CT molecular complexity index is 1490. The molecule has 3 heterocycles. The Kier molecular flexibility index (Phi) is 9.95. The van der Waals surface area contributed by atoms with Crippen molar-refractivity contribution in [2.45, 2.75) is 179 Å². The van der Waals surface area contributed by atoms with E-state index in [1.165, 1.54) is 0 Å². The molecule has 13 nitrogen and oxygen atoms in total. The van der Waals surface area contributed by atoms with Crippen molar-refractivity contribution in [3.63, 3.8) is 0 Å². The van der Waals surface area contributed by atoms with Crippen LogP contribution in [0.5, 0.6) is 0 Å². The van der Waals surface area contributed by atoms with Crippen molar-refractivity contribution in [3.05, 3.63) is 12.2 Å². The van der Waals surface area contributed by atoms with Gasteiger partial charge in [-0.15, -0.1) is 0 Å². The Morgan fingerprint density at radius 2 is 1.35 bits per heavy atom. The maximum atomic E-state index is 12.1. The van der Waals surface area contributed by atoms with Crippen molar-refractivity contribution in [1.82, 2.24) is 0 Å². The van der Waals surface area contributed by atoms with E-state index in [0.29, 0.717) is 13.0 Å². The van der Waals surface area contributed by atoms with Crippen molar-refractivity contribution >= 4 is 0 Å². The summed E-state index contributed by atoms with van der Waals surface area (Å²) in [4.78, 5) is 0. The molecule has 4 saturated carbocycles. The fourth-order valence-corrected chi connectivity index (χ4v) is 14.2. The van der Waals surface area contributed by atoms with Gasteiger partial charge in [-0.05, 0) is 84.9 Å². The fraction of sp³-hybridized carbons (Fsp3) is 0.952. The molecule has 8 aliphatic rings. The molecular formula is C42H68O13. The number of ether oxygens (including phenoxy) is 5. The number of aliphatic hydroxyl groups excluding tert-OH is 8. The zero-order valence-corrected chi connectivity index (χ0v) is 33.7. The van der Waals surface area contributed by atoms with Crippen LogP contribution < -0.4 is 0 Å². The molecule has 20 unspecified atom stereocenters. The molecule has 0 amide bonds. The first kappa shape index (κ1) is 41.0. The Hall–Kier alpha value is -0.780. The molecule has 7 fully saturated rings. The summed E-state index contributed by atoms with van der Waals surface area (Å²) in [6, 6.07) is 0. The largest absolute Gasteiger partial charge is 0.394 e. The van der Waals surface area contributed by atoms with Crippen LogP contribution in [0.3, 0.4) is 0 Å². The third kappa shape index (κ3) is 5.58. The van der Waals surface area contributed by atoms with Gasteiger partial charge in [-0.2, -0.15) is 0 Å². The summed E-state index contributed by atoms with van der Waals surface area (Å²) in [5.74, 6) is 0.763. The highest BCUT2D eigenvalue weighted by Gasteiger charge is 2.79. The van der Waals surface area contributed by atoms with E-state index in [9.17, 15) is 40.9 Å². The van der Waals surface area contributed by atoms with Crippen LogP contribution in [0, 0.1) is 50.2 Å². The van der Waals surface area contributed by atoms with E-state index in [0.717, 1.165) is 44.9 Å². The predicted octanol–water partition coefficient (Wildman–Crippen LogP) is 1.78. The second kappa shape index (κ2) is 13.4. The summed E-state index contributed by atoms with van der Waals surface area (Å²) in [5, 5.41) is 85.3. The number of hydrogen-bond donors (Lipinski definition) is 8. The van der Waals surface area contributed by atoms with Gasteiger partial charge in [0.15, 0.2) is 12.6 Å². The summed E-state index contributed by atoms with van der Waals surface area (Å²) in [5.41, 5.74) is -1.22. The normalized spacial score (nSPS) is 57.9. The molecular weight excluding hydrogens is 712 g/mol. The number of aliphatic hydroxyl groups is 8. The average molecular weight is 781 g/mol. The molecule has 314 valence electrons. The SMILES string of the molecule is CC1(C)CCC23COC4(C=CC5C6(C)CCC(OC7OC(COC8OC(CO)C(O)C(O)C8O)C(O)C(O)C7O)C(C)(C)C6CCC5(C)C4(C)CC2O)C3C1. The molecule has 2 bridgehead atoms. The average Bonchev–Trinajstić information content (AvgIpc) is 3.40. The maximum absolute atomic E-state index is 12.1. The first-order valence-corrected chi connectivity index (χ1v) is 20.9. The molecule has 0 aromatic rings. The summed E-state index contributed by atoms with van der Waals surface area (Å²) < 4.78 is 30.9. The third-order valence-electron chi connectivity index (χ3n) is 17.8. The van der Waals surface area contributed by atoms with E-state index in [4.69, 9.17) is 23.7 Å². The van der Waals surface area contributed by atoms with Crippen LogP contribution in [0.25, 0.3) is 0 Å². The Morgan fingerprint density at radius 3 is 2.04 bits per heavy atom. The lowest BCUT2D eigenvalue weighted by molar-refractivity contribution is -0.345. The number of hydrogen-bond acceptors (Lipinski definition) is 13. The lowest BCUT2D eigenvalue weighted by Crippen LogP contribution is -2.72. The van der Waals surface area contributed by atoms with Crippen LogP contribution in [0.15, 0.2) is 12.2 Å². The highest BCUT2D eigenvalue weighted by molar-refractivity contribution is 5.36. The fourth-order valence-electron chi connectivity index (χ4n) is 14.2. The van der Waals surface area contributed by atoms with E-state index >= 15 is 0 Å². The minimum Gasteiger partial charge on any atom is -0.394 e. The minimum absolute atomic E-state index is 0.0923. The second-order valence-electron chi connectivity index (χ2n) is 21.2. The van der Waals surface area contributed by atoms with Gasteiger partial charge in [0.2, 0.25) is 0 Å². The smallest absolute Gasteiger partial charge is 0.186 e. The lowest BCUT2D eigenvalue weighted by atomic mass is 9.32. The van der Waals surface area contributed by atoms with Gasteiger partial charge in [0.25, 0.3) is 0 Å². The molecule has 55 heavy (non-hydrogen) atoms. The molecule has 8 N–H and O–H groups in total. The molecule has 13 heteroatoms. The number of fused-ring (bicyclic) bond motifs is 4. The molecule has 20 atom stereocenters. The highest BCUT2D eigenvalue weighted by Crippen LogP contribution is 2.79. The van der Waals surface area contributed by atoms with Gasteiger partial charge in [0, 0.05) is 16.7 Å². The quantitative estimate of drug-likeness (QED) is 0.143. The zero-order valence-electron chi connectivity index (χ0n) is 33.7. The van der Waals surface area contributed by atoms with Gasteiger partial charge in [-0.25, -0.2) is 0 Å². The van der Waals surface area contributed by atoms with Crippen molar-refractivity contribution < 1.29 is 64.5 Å². The third-order valence-corrected chi connectivity index (χ3v) is 17.8. The predicted molar refractivity (Wildman–Crippen MR) is 197 cm³/mol. The van der Waals surface area contributed by atoms with Gasteiger partial charge in [-0.1, -0.05) is 60.6 Å². The first-order chi connectivity index (χ1) is 25.6. The molecule has 3 saturated heterocycles. The van der Waals surface area contributed by atoms with E-state index < -0.39 is 86.3 Å². The lowest BCUT2D eigenvalue weighted by Gasteiger charge is -2.73. The Balaban J connectivity index is 1.00. The Labute approximate surface area is 325 Å². The van der Waals surface area contributed by atoms with Crippen LogP contribution >= 0.6 is 0 Å². The highest BCUT2D eigenvalue weighted by atomic mass is 16.7. The van der Waals surface area contributed by atoms with E-state index in [2.05, 4.69) is 60.6 Å². The number of rotatable bonds is 6. The van der Waals surface area contributed by atoms with Gasteiger partial charge in [-0.3, -0.25) is 0 Å². The minimum atomic E-state index is -1.65. The van der Waals surface area contributed by atoms with E-state index in [-0.39, 0.29) is 56.3 Å². The van der Waals surface area contributed by atoms with Crippen molar-refractivity contribution in [2.24, 2.45) is 50.2 Å². The van der Waals surface area contributed by atoms with Crippen LogP contribution in [0.1, 0.15) is 99.8 Å². The van der Waals surface area contributed by atoms with Crippen molar-refractivity contribution in [1.29, 1.82) is 0 Å². The second-order valence-corrected chi connectivity index (χ2v) is 21.2. The van der Waals surface area contributed by atoms with Crippen molar-refractivity contribution in [2.75, 3.05) is 19.8 Å². The summed E-state index contributed by atoms with van der Waals surface area (Å²) in [6.45, 7) is 16.1. The monoisotopic (exact) mass is 780 g/mol. The summed E-state index contributed by atoms with van der Waals surface area (Å²) in [7, 11) is 0. The van der Waals surface area contributed by atoms with E-state index in [1.807, 2.05) is 0 Å². The molecule has 8 rings (SSSR count). The zero-order chi connectivity index (χ0) is 39.9. The molecule has 0 radical (unpaired) electrons.